The molecule has 2 aromatic carbocycles. The van der Waals surface area contributed by atoms with Gasteiger partial charge >= 0.3 is 0 Å². The van der Waals surface area contributed by atoms with E-state index in [4.69, 9.17) is 4.74 Å². The molecule has 0 aliphatic rings. The van der Waals surface area contributed by atoms with Crippen molar-refractivity contribution in [1.82, 2.24) is 4.98 Å². The molecule has 21 heavy (non-hydrogen) atoms. The molecule has 3 rings (SSSR count). The minimum absolute atomic E-state index is 0.796. The van der Waals surface area contributed by atoms with Crippen LogP contribution >= 0.6 is 15.9 Å². The smallest absolute Gasteiger partial charge is 0.145 e. The van der Waals surface area contributed by atoms with E-state index in [-0.39, 0.29) is 0 Å². The first-order valence-electron chi connectivity index (χ1n) is 6.64. The second-order valence-corrected chi connectivity index (χ2v) is 5.57. The van der Waals surface area contributed by atoms with Crippen LogP contribution in [0.15, 0.2) is 59.1 Å². The van der Waals surface area contributed by atoms with E-state index in [1.165, 1.54) is 0 Å². The Balaban J connectivity index is 1.97. The molecule has 3 heteroatoms. The van der Waals surface area contributed by atoms with Crippen molar-refractivity contribution in [2.75, 3.05) is 7.11 Å². The molecule has 0 unspecified atom stereocenters. The number of pyridine rings is 1. The lowest BCUT2D eigenvalue weighted by Gasteiger charge is -2.05. The number of methoxy groups -OCH3 is 1. The molecular formula is C18H14BrNO. The Morgan fingerprint density at radius 3 is 2.67 bits per heavy atom. The third-order valence-corrected chi connectivity index (χ3v) is 3.71. The predicted molar refractivity (Wildman–Crippen MR) is 91.4 cm³/mol. The number of ether oxygens (including phenoxy) is 1. The molecule has 0 aliphatic carbocycles. The molecule has 104 valence electrons. The monoisotopic (exact) mass is 339 g/mol. The van der Waals surface area contributed by atoms with Crippen molar-refractivity contribution in [3.63, 3.8) is 0 Å². The third kappa shape index (κ3) is 3.14. The summed E-state index contributed by atoms with van der Waals surface area (Å²) in [4.78, 5) is 4.66. The first-order chi connectivity index (χ1) is 10.3. The zero-order valence-corrected chi connectivity index (χ0v) is 13.2. The third-order valence-electron chi connectivity index (χ3n) is 3.22. The molecular weight excluding hydrogens is 326 g/mol. The first kappa shape index (κ1) is 13.8. The van der Waals surface area contributed by atoms with E-state index in [1.807, 2.05) is 48.6 Å². The molecule has 0 spiro atoms. The van der Waals surface area contributed by atoms with E-state index < -0.39 is 0 Å². The van der Waals surface area contributed by atoms with Crippen molar-refractivity contribution < 1.29 is 4.74 Å². The fourth-order valence-corrected chi connectivity index (χ4v) is 2.60. The van der Waals surface area contributed by atoms with Crippen molar-refractivity contribution in [2.45, 2.75) is 0 Å². The van der Waals surface area contributed by atoms with E-state index in [0.717, 1.165) is 32.4 Å². The summed E-state index contributed by atoms with van der Waals surface area (Å²) in [5, 5.41) is 1.08. The number of hydrogen-bond acceptors (Lipinski definition) is 2. The highest BCUT2D eigenvalue weighted by molar-refractivity contribution is 9.10. The quantitative estimate of drug-likeness (QED) is 0.656. The van der Waals surface area contributed by atoms with Crippen LogP contribution in [0.25, 0.3) is 23.1 Å². The van der Waals surface area contributed by atoms with Crippen LogP contribution in [-0.2, 0) is 0 Å². The van der Waals surface area contributed by atoms with Gasteiger partial charge in [-0.05, 0) is 35.9 Å². The molecule has 1 aromatic heterocycles. The number of aromatic nitrogens is 1. The first-order valence-corrected chi connectivity index (χ1v) is 7.43. The van der Waals surface area contributed by atoms with Gasteiger partial charge in [0.1, 0.15) is 11.3 Å². The lowest BCUT2D eigenvalue weighted by atomic mass is 10.1. The van der Waals surface area contributed by atoms with Crippen molar-refractivity contribution in [1.29, 1.82) is 0 Å². The Hall–Kier alpha value is -2.13. The van der Waals surface area contributed by atoms with Crippen LogP contribution in [0.1, 0.15) is 11.3 Å². The number of halogens is 1. The highest BCUT2D eigenvalue weighted by Crippen LogP contribution is 2.24. The lowest BCUT2D eigenvalue weighted by molar-refractivity contribution is 0.419. The fourth-order valence-electron chi connectivity index (χ4n) is 2.18. The van der Waals surface area contributed by atoms with Gasteiger partial charge in [0.25, 0.3) is 0 Å². The Kier molecular flexibility index (Phi) is 4.02. The molecule has 3 aromatic rings. The van der Waals surface area contributed by atoms with Crippen LogP contribution in [-0.4, -0.2) is 12.1 Å². The standard InChI is InChI=1S/C18H14BrNO/c1-21-17-7-3-5-14-9-11-16(20-18(14)17)10-8-13-4-2-6-15(19)12-13/h2-12H,1H3/b10-8+. The number of fused-ring (bicyclic) bond motifs is 1. The Morgan fingerprint density at radius 2 is 1.86 bits per heavy atom. The van der Waals surface area contributed by atoms with E-state index in [9.17, 15) is 0 Å². The summed E-state index contributed by atoms with van der Waals surface area (Å²) in [6, 6.07) is 18.2. The summed E-state index contributed by atoms with van der Waals surface area (Å²) in [6.45, 7) is 0. The largest absolute Gasteiger partial charge is 0.494 e. The van der Waals surface area contributed by atoms with Gasteiger partial charge in [0.15, 0.2) is 0 Å². The summed E-state index contributed by atoms with van der Waals surface area (Å²) < 4.78 is 6.44. The van der Waals surface area contributed by atoms with Crippen molar-refractivity contribution in [3.8, 4) is 5.75 Å². The number of rotatable bonds is 3. The molecule has 0 atom stereocenters. The molecule has 0 fully saturated rings. The molecule has 0 saturated carbocycles. The fraction of sp³-hybridized carbons (Fsp3) is 0.0556. The summed E-state index contributed by atoms with van der Waals surface area (Å²) in [7, 11) is 1.67. The number of nitrogens with zero attached hydrogens (tertiary/aromatic N) is 1. The van der Waals surface area contributed by atoms with Gasteiger partial charge in [0.2, 0.25) is 0 Å². The van der Waals surface area contributed by atoms with Crippen LogP contribution in [0.2, 0.25) is 0 Å². The summed E-state index contributed by atoms with van der Waals surface area (Å²) in [5.41, 5.74) is 2.93. The van der Waals surface area contributed by atoms with Crippen molar-refractivity contribution in [2.24, 2.45) is 0 Å². The minimum atomic E-state index is 0.796. The van der Waals surface area contributed by atoms with Crippen molar-refractivity contribution in [3.05, 3.63) is 70.3 Å². The van der Waals surface area contributed by atoms with Gasteiger partial charge in [0, 0.05) is 9.86 Å². The summed E-state index contributed by atoms with van der Waals surface area (Å²) in [6.07, 6.45) is 4.06. The average molecular weight is 340 g/mol. The van der Waals surface area contributed by atoms with Crippen LogP contribution in [0.5, 0.6) is 5.75 Å². The maximum absolute atomic E-state index is 5.37. The SMILES string of the molecule is COc1cccc2ccc(/C=C/c3cccc(Br)c3)nc12. The van der Waals surface area contributed by atoms with Gasteiger partial charge in [-0.1, -0.05) is 52.3 Å². The van der Waals surface area contributed by atoms with Crippen LogP contribution in [0.4, 0.5) is 0 Å². The van der Waals surface area contributed by atoms with Gasteiger partial charge in [-0.2, -0.15) is 0 Å². The van der Waals surface area contributed by atoms with Gasteiger partial charge in [-0.15, -0.1) is 0 Å². The van der Waals surface area contributed by atoms with Gasteiger partial charge in [-0.25, -0.2) is 4.98 Å². The molecule has 0 aliphatic heterocycles. The summed E-state index contributed by atoms with van der Waals surface area (Å²) in [5.74, 6) is 0.796. The van der Waals surface area contributed by atoms with Gasteiger partial charge in [-0.3, -0.25) is 0 Å². The highest BCUT2D eigenvalue weighted by Gasteiger charge is 2.02. The maximum atomic E-state index is 5.37. The average Bonchev–Trinajstić information content (AvgIpc) is 2.52. The molecule has 0 bridgehead atoms. The van der Waals surface area contributed by atoms with E-state index in [0.29, 0.717) is 0 Å². The van der Waals surface area contributed by atoms with E-state index in [2.05, 4.69) is 39.1 Å². The zero-order chi connectivity index (χ0) is 14.7. The predicted octanol–water partition coefficient (Wildman–Crippen LogP) is 5.18. The van der Waals surface area contributed by atoms with Gasteiger partial charge in [0.05, 0.1) is 12.8 Å². The Morgan fingerprint density at radius 1 is 1.00 bits per heavy atom. The number of benzene rings is 2. The Labute approximate surface area is 132 Å². The molecule has 2 nitrogen and oxygen atoms in total. The highest BCUT2D eigenvalue weighted by atomic mass is 79.9. The van der Waals surface area contributed by atoms with Crippen molar-refractivity contribution >= 4 is 39.0 Å². The Bertz CT molecular complexity index is 811. The second kappa shape index (κ2) is 6.10. The molecule has 1 heterocycles. The van der Waals surface area contributed by atoms with Crippen LogP contribution in [0.3, 0.4) is 0 Å². The van der Waals surface area contributed by atoms with E-state index >= 15 is 0 Å². The number of hydrogen-bond donors (Lipinski definition) is 0. The minimum Gasteiger partial charge on any atom is -0.494 e. The van der Waals surface area contributed by atoms with Gasteiger partial charge < -0.3 is 4.74 Å². The zero-order valence-electron chi connectivity index (χ0n) is 11.6. The maximum Gasteiger partial charge on any atom is 0.145 e. The normalized spacial score (nSPS) is 11.1. The van der Waals surface area contributed by atoms with E-state index in [1.54, 1.807) is 7.11 Å². The molecule has 0 radical (unpaired) electrons. The number of para-hydroxylation sites is 1. The second-order valence-electron chi connectivity index (χ2n) is 4.66. The topological polar surface area (TPSA) is 22.1 Å². The lowest BCUT2D eigenvalue weighted by Crippen LogP contribution is -1.89. The molecule has 0 saturated heterocycles. The molecule has 0 N–H and O–H groups in total. The molecule has 0 amide bonds. The summed E-state index contributed by atoms with van der Waals surface area (Å²) >= 11 is 3.47. The van der Waals surface area contributed by atoms with Crippen LogP contribution < -0.4 is 4.74 Å². The van der Waals surface area contributed by atoms with Crippen LogP contribution in [0, 0.1) is 0 Å².